The first kappa shape index (κ1) is 9.17. The van der Waals surface area contributed by atoms with Crippen molar-refractivity contribution in [1.82, 2.24) is 0 Å². The van der Waals surface area contributed by atoms with Crippen LogP contribution in [0.2, 0.25) is 0 Å². The molecule has 0 aromatic rings. The SMILES string of the molecule is C1CC(CC2CO2)CC(CC2CO2)C1. The van der Waals surface area contributed by atoms with Crippen LogP contribution in [0.4, 0.5) is 0 Å². The molecule has 4 unspecified atom stereocenters. The molecule has 2 saturated heterocycles. The summed E-state index contributed by atoms with van der Waals surface area (Å²) in [6.45, 7) is 2.07. The van der Waals surface area contributed by atoms with Crippen LogP contribution in [0.3, 0.4) is 0 Å². The van der Waals surface area contributed by atoms with Gasteiger partial charge in [0.1, 0.15) is 0 Å². The average Bonchev–Trinajstić information content (AvgIpc) is 3.00. The third-order valence-corrected chi connectivity index (χ3v) is 3.89. The number of epoxide rings is 2. The van der Waals surface area contributed by atoms with E-state index >= 15 is 0 Å². The Hall–Kier alpha value is -0.0800. The standard InChI is InChI=1S/C12H20O2/c1-2-9(5-11-7-13-11)4-10(3-1)6-12-8-14-12/h9-12H,1-8H2. The molecular formula is C12H20O2. The number of hydrogen-bond donors (Lipinski definition) is 0. The van der Waals surface area contributed by atoms with Gasteiger partial charge in [-0.3, -0.25) is 0 Å². The molecule has 80 valence electrons. The summed E-state index contributed by atoms with van der Waals surface area (Å²) in [6, 6.07) is 0. The summed E-state index contributed by atoms with van der Waals surface area (Å²) in [4.78, 5) is 0. The molecule has 0 aromatic heterocycles. The Labute approximate surface area is 86.0 Å². The first-order valence-electron chi connectivity index (χ1n) is 6.13. The van der Waals surface area contributed by atoms with E-state index in [1.54, 1.807) is 0 Å². The molecule has 0 aromatic carbocycles. The van der Waals surface area contributed by atoms with E-state index in [1.165, 1.54) is 38.5 Å². The molecule has 2 aliphatic heterocycles. The third kappa shape index (κ3) is 2.48. The molecule has 4 atom stereocenters. The number of ether oxygens (including phenoxy) is 2. The predicted octanol–water partition coefficient (Wildman–Crippen LogP) is 2.37. The molecule has 2 nitrogen and oxygen atoms in total. The van der Waals surface area contributed by atoms with Gasteiger partial charge in [0.2, 0.25) is 0 Å². The second-order valence-electron chi connectivity index (χ2n) is 5.28. The molecule has 0 bridgehead atoms. The van der Waals surface area contributed by atoms with Gasteiger partial charge in [0, 0.05) is 0 Å². The van der Waals surface area contributed by atoms with E-state index < -0.39 is 0 Å². The topological polar surface area (TPSA) is 25.1 Å². The van der Waals surface area contributed by atoms with Crippen molar-refractivity contribution in [2.45, 2.75) is 50.7 Å². The zero-order valence-corrected chi connectivity index (χ0v) is 8.78. The van der Waals surface area contributed by atoms with Crippen LogP contribution in [0.5, 0.6) is 0 Å². The molecular weight excluding hydrogens is 176 g/mol. The van der Waals surface area contributed by atoms with Crippen LogP contribution in [0, 0.1) is 11.8 Å². The smallest absolute Gasteiger partial charge is 0.0812 e. The van der Waals surface area contributed by atoms with Crippen molar-refractivity contribution in [2.24, 2.45) is 11.8 Å². The van der Waals surface area contributed by atoms with Crippen LogP contribution < -0.4 is 0 Å². The van der Waals surface area contributed by atoms with Gasteiger partial charge in [-0.15, -0.1) is 0 Å². The van der Waals surface area contributed by atoms with E-state index in [9.17, 15) is 0 Å². The molecule has 0 N–H and O–H groups in total. The minimum atomic E-state index is 0.635. The predicted molar refractivity (Wildman–Crippen MR) is 54.2 cm³/mol. The van der Waals surface area contributed by atoms with Gasteiger partial charge >= 0.3 is 0 Å². The van der Waals surface area contributed by atoms with E-state index in [0.717, 1.165) is 25.0 Å². The fourth-order valence-electron chi connectivity index (χ4n) is 2.98. The molecule has 0 radical (unpaired) electrons. The van der Waals surface area contributed by atoms with Crippen LogP contribution in [-0.2, 0) is 9.47 Å². The van der Waals surface area contributed by atoms with Crippen molar-refractivity contribution in [1.29, 1.82) is 0 Å². The summed E-state index contributed by atoms with van der Waals surface area (Å²) in [5, 5.41) is 0. The molecule has 0 spiro atoms. The first-order chi connectivity index (χ1) is 6.90. The second kappa shape index (κ2) is 3.82. The fourth-order valence-corrected chi connectivity index (χ4v) is 2.98. The molecule has 1 aliphatic carbocycles. The lowest BCUT2D eigenvalue weighted by atomic mass is 9.77. The van der Waals surface area contributed by atoms with Crippen LogP contribution >= 0.6 is 0 Å². The Morgan fingerprint density at radius 3 is 1.79 bits per heavy atom. The third-order valence-electron chi connectivity index (χ3n) is 3.89. The molecule has 2 heterocycles. The zero-order valence-electron chi connectivity index (χ0n) is 8.78. The highest BCUT2D eigenvalue weighted by atomic mass is 16.6. The Balaban J connectivity index is 1.44. The molecule has 3 rings (SSSR count). The van der Waals surface area contributed by atoms with Gasteiger partial charge in [-0.2, -0.15) is 0 Å². The van der Waals surface area contributed by atoms with Crippen LogP contribution in [0.15, 0.2) is 0 Å². The largest absolute Gasteiger partial charge is 0.373 e. The molecule has 2 heteroatoms. The van der Waals surface area contributed by atoms with Crippen molar-refractivity contribution in [3.63, 3.8) is 0 Å². The van der Waals surface area contributed by atoms with Crippen molar-refractivity contribution in [2.75, 3.05) is 13.2 Å². The lowest BCUT2D eigenvalue weighted by molar-refractivity contribution is 0.213. The molecule has 14 heavy (non-hydrogen) atoms. The van der Waals surface area contributed by atoms with Crippen molar-refractivity contribution < 1.29 is 9.47 Å². The minimum Gasteiger partial charge on any atom is -0.373 e. The average molecular weight is 196 g/mol. The van der Waals surface area contributed by atoms with Gasteiger partial charge in [-0.25, -0.2) is 0 Å². The van der Waals surface area contributed by atoms with E-state index in [-0.39, 0.29) is 0 Å². The van der Waals surface area contributed by atoms with E-state index in [4.69, 9.17) is 9.47 Å². The summed E-state index contributed by atoms with van der Waals surface area (Å²) in [5.41, 5.74) is 0. The first-order valence-corrected chi connectivity index (χ1v) is 6.13. The fraction of sp³-hybridized carbons (Fsp3) is 1.00. The molecule has 3 aliphatic rings. The Bertz CT molecular complexity index is 176. The maximum Gasteiger partial charge on any atom is 0.0812 e. The number of rotatable bonds is 4. The van der Waals surface area contributed by atoms with Gasteiger partial charge in [0.25, 0.3) is 0 Å². The Morgan fingerprint density at radius 2 is 1.36 bits per heavy atom. The monoisotopic (exact) mass is 196 g/mol. The maximum absolute atomic E-state index is 5.32. The van der Waals surface area contributed by atoms with Crippen molar-refractivity contribution >= 4 is 0 Å². The summed E-state index contributed by atoms with van der Waals surface area (Å²) < 4.78 is 10.6. The van der Waals surface area contributed by atoms with Crippen LogP contribution in [0.25, 0.3) is 0 Å². The zero-order chi connectivity index (χ0) is 9.38. The Kier molecular flexibility index (Phi) is 2.50. The summed E-state index contributed by atoms with van der Waals surface area (Å²) in [5.74, 6) is 1.92. The number of hydrogen-bond acceptors (Lipinski definition) is 2. The molecule has 1 saturated carbocycles. The van der Waals surface area contributed by atoms with Gasteiger partial charge in [-0.05, 0) is 31.1 Å². The molecule has 3 fully saturated rings. The quantitative estimate of drug-likeness (QED) is 0.645. The van der Waals surface area contributed by atoms with Gasteiger partial charge in [0.05, 0.1) is 25.4 Å². The van der Waals surface area contributed by atoms with Crippen molar-refractivity contribution in [3.05, 3.63) is 0 Å². The van der Waals surface area contributed by atoms with E-state index in [2.05, 4.69) is 0 Å². The van der Waals surface area contributed by atoms with Gasteiger partial charge < -0.3 is 9.47 Å². The Morgan fingerprint density at radius 1 is 0.857 bits per heavy atom. The highest BCUT2D eigenvalue weighted by Gasteiger charge is 2.33. The lowest BCUT2D eigenvalue weighted by Gasteiger charge is -2.28. The summed E-state index contributed by atoms with van der Waals surface area (Å²) >= 11 is 0. The highest BCUT2D eigenvalue weighted by molar-refractivity contribution is 4.82. The van der Waals surface area contributed by atoms with Crippen LogP contribution in [0.1, 0.15) is 38.5 Å². The van der Waals surface area contributed by atoms with Gasteiger partial charge in [0.15, 0.2) is 0 Å². The van der Waals surface area contributed by atoms with E-state index in [1.807, 2.05) is 0 Å². The van der Waals surface area contributed by atoms with Gasteiger partial charge in [-0.1, -0.05) is 19.3 Å². The van der Waals surface area contributed by atoms with E-state index in [0.29, 0.717) is 12.2 Å². The maximum atomic E-state index is 5.32. The minimum absolute atomic E-state index is 0.635. The summed E-state index contributed by atoms with van der Waals surface area (Å²) in [7, 11) is 0. The van der Waals surface area contributed by atoms with Crippen LogP contribution in [-0.4, -0.2) is 25.4 Å². The normalized spacial score (nSPS) is 46.3. The highest BCUT2D eigenvalue weighted by Crippen LogP contribution is 2.37. The summed E-state index contributed by atoms with van der Waals surface area (Å²) in [6.07, 6.45) is 9.72. The van der Waals surface area contributed by atoms with Crippen molar-refractivity contribution in [3.8, 4) is 0 Å². The lowest BCUT2D eigenvalue weighted by Crippen LogP contribution is -2.18. The second-order valence-corrected chi connectivity index (χ2v) is 5.28. The molecule has 0 amide bonds.